The predicted molar refractivity (Wildman–Crippen MR) is 68.8 cm³/mol. The van der Waals surface area contributed by atoms with E-state index >= 15 is 0 Å². The Morgan fingerprint density at radius 1 is 1.44 bits per heavy atom. The van der Waals surface area contributed by atoms with Gasteiger partial charge in [0, 0.05) is 22.8 Å². The second kappa shape index (κ2) is 4.80. The molecule has 0 fully saturated rings. The van der Waals surface area contributed by atoms with Crippen LogP contribution < -0.4 is 5.32 Å². The summed E-state index contributed by atoms with van der Waals surface area (Å²) in [5.41, 5.74) is 3.48. The highest BCUT2D eigenvalue weighted by molar-refractivity contribution is 9.10. The molecule has 0 atom stereocenters. The molecule has 0 saturated carbocycles. The minimum atomic E-state index is 0.840. The van der Waals surface area contributed by atoms with Crippen LogP contribution in [0.25, 0.3) is 5.69 Å². The van der Waals surface area contributed by atoms with Crippen molar-refractivity contribution in [3.8, 4) is 5.69 Å². The van der Waals surface area contributed by atoms with E-state index in [1.54, 1.807) is 0 Å². The smallest absolute Gasteiger partial charge is 0.0657 e. The van der Waals surface area contributed by atoms with Gasteiger partial charge in [-0.15, -0.1) is 0 Å². The molecule has 0 saturated heterocycles. The maximum absolute atomic E-state index is 4.33. The third-order valence-corrected chi connectivity index (χ3v) is 3.29. The second-order valence-electron chi connectivity index (χ2n) is 3.76. The van der Waals surface area contributed by atoms with E-state index in [0.717, 1.165) is 16.7 Å². The van der Waals surface area contributed by atoms with Crippen LogP contribution in [0.4, 0.5) is 0 Å². The average molecular weight is 280 g/mol. The van der Waals surface area contributed by atoms with Gasteiger partial charge in [0.2, 0.25) is 0 Å². The van der Waals surface area contributed by atoms with Crippen molar-refractivity contribution in [3.05, 3.63) is 46.2 Å². The van der Waals surface area contributed by atoms with Crippen LogP contribution in [0.1, 0.15) is 11.1 Å². The van der Waals surface area contributed by atoms with Crippen LogP contribution in [0.3, 0.4) is 0 Å². The summed E-state index contributed by atoms with van der Waals surface area (Å²) in [5.74, 6) is 0. The summed E-state index contributed by atoms with van der Waals surface area (Å²) in [6.45, 7) is 2.91. The van der Waals surface area contributed by atoms with Crippen molar-refractivity contribution in [2.24, 2.45) is 0 Å². The molecular formula is C12H14BrN3. The standard InChI is InChI=1S/C12H14BrN3/c1-9-3-4-11(5-12(9)13)16-8-10(6-14-2)7-15-16/h3-5,7-8,14H,6H2,1-2H3. The molecule has 1 N–H and O–H groups in total. The van der Waals surface area contributed by atoms with Crippen LogP contribution in [0.5, 0.6) is 0 Å². The first-order valence-electron chi connectivity index (χ1n) is 5.15. The Kier molecular flexibility index (Phi) is 3.41. The quantitative estimate of drug-likeness (QED) is 0.936. The monoisotopic (exact) mass is 279 g/mol. The van der Waals surface area contributed by atoms with E-state index in [9.17, 15) is 0 Å². The van der Waals surface area contributed by atoms with Gasteiger partial charge in [0.05, 0.1) is 11.9 Å². The average Bonchev–Trinajstić information content (AvgIpc) is 2.71. The number of nitrogens with one attached hydrogen (secondary N) is 1. The van der Waals surface area contributed by atoms with Crippen LogP contribution in [0.2, 0.25) is 0 Å². The van der Waals surface area contributed by atoms with E-state index in [-0.39, 0.29) is 0 Å². The summed E-state index contributed by atoms with van der Waals surface area (Å²) in [4.78, 5) is 0. The number of hydrogen-bond donors (Lipinski definition) is 1. The fourth-order valence-corrected chi connectivity index (χ4v) is 1.89. The van der Waals surface area contributed by atoms with Crippen LogP contribution in [-0.2, 0) is 6.54 Å². The molecule has 0 spiro atoms. The van der Waals surface area contributed by atoms with Gasteiger partial charge in [0.1, 0.15) is 0 Å². The van der Waals surface area contributed by atoms with Crippen molar-refractivity contribution in [1.29, 1.82) is 0 Å². The second-order valence-corrected chi connectivity index (χ2v) is 4.61. The molecule has 1 heterocycles. The van der Waals surface area contributed by atoms with Crippen molar-refractivity contribution >= 4 is 15.9 Å². The molecule has 0 aliphatic carbocycles. The molecule has 0 unspecified atom stereocenters. The molecule has 16 heavy (non-hydrogen) atoms. The summed E-state index contributed by atoms with van der Waals surface area (Å²) in [6.07, 6.45) is 3.91. The number of nitrogens with zero attached hydrogens (tertiary/aromatic N) is 2. The lowest BCUT2D eigenvalue weighted by molar-refractivity contribution is 0.816. The maximum atomic E-state index is 4.33. The lowest BCUT2D eigenvalue weighted by atomic mass is 10.2. The highest BCUT2D eigenvalue weighted by atomic mass is 79.9. The Balaban J connectivity index is 2.31. The Hall–Kier alpha value is -1.13. The molecule has 2 aromatic rings. The first-order valence-corrected chi connectivity index (χ1v) is 5.94. The Bertz CT molecular complexity index is 491. The van der Waals surface area contributed by atoms with E-state index in [1.165, 1.54) is 11.1 Å². The molecule has 0 radical (unpaired) electrons. The first-order chi connectivity index (χ1) is 7.70. The zero-order chi connectivity index (χ0) is 11.5. The van der Waals surface area contributed by atoms with Crippen LogP contribution in [-0.4, -0.2) is 16.8 Å². The number of aryl methyl sites for hydroxylation is 1. The molecule has 84 valence electrons. The zero-order valence-electron chi connectivity index (χ0n) is 9.37. The van der Waals surface area contributed by atoms with E-state index in [1.807, 2.05) is 24.1 Å². The minimum absolute atomic E-state index is 0.840. The predicted octanol–water partition coefficient (Wildman–Crippen LogP) is 2.66. The first kappa shape index (κ1) is 11.4. The molecule has 3 nitrogen and oxygen atoms in total. The number of aromatic nitrogens is 2. The fourth-order valence-electron chi connectivity index (χ4n) is 1.52. The van der Waals surface area contributed by atoms with Crippen LogP contribution in [0.15, 0.2) is 35.1 Å². The van der Waals surface area contributed by atoms with Gasteiger partial charge < -0.3 is 5.32 Å². The van der Waals surface area contributed by atoms with Gasteiger partial charge in [0.15, 0.2) is 0 Å². The van der Waals surface area contributed by atoms with Crippen molar-refractivity contribution in [3.63, 3.8) is 0 Å². The minimum Gasteiger partial charge on any atom is -0.316 e. The number of halogens is 1. The van der Waals surface area contributed by atoms with E-state index < -0.39 is 0 Å². The zero-order valence-corrected chi connectivity index (χ0v) is 11.0. The maximum Gasteiger partial charge on any atom is 0.0657 e. The van der Waals surface area contributed by atoms with Crippen molar-refractivity contribution in [2.75, 3.05) is 7.05 Å². The highest BCUT2D eigenvalue weighted by Crippen LogP contribution is 2.19. The van der Waals surface area contributed by atoms with Gasteiger partial charge in [-0.3, -0.25) is 0 Å². The van der Waals surface area contributed by atoms with Crippen LogP contribution in [0, 0.1) is 6.92 Å². The Morgan fingerprint density at radius 3 is 2.94 bits per heavy atom. The molecule has 1 aromatic heterocycles. The fraction of sp³-hybridized carbons (Fsp3) is 0.250. The van der Waals surface area contributed by atoms with Gasteiger partial charge in [-0.2, -0.15) is 5.10 Å². The third-order valence-electron chi connectivity index (χ3n) is 2.44. The van der Waals surface area contributed by atoms with Gasteiger partial charge in [-0.1, -0.05) is 22.0 Å². The lowest BCUT2D eigenvalue weighted by Crippen LogP contribution is -2.03. The molecule has 0 aliphatic heterocycles. The largest absolute Gasteiger partial charge is 0.316 e. The Morgan fingerprint density at radius 2 is 2.25 bits per heavy atom. The molecule has 0 amide bonds. The number of benzene rings is 1. The molecular weight excluding hydrogens is 266 g/mol. The highest BCUT2D eigenvalue weighted by Gasteiger charge is 2.02. The number of rotatable bonds is 3. The van der Waals surface area contributed by atoms with Crippen molar-refractivity contribution < 1.29 is 0 Å². The normalized spacial score (nSPS) is 10.7. The van der Waals surface area contributed by atoms with E-state index in [2.05, 4.69) is 51.5 Å². The third kappa shape index (κ3) is 2.33. The van der Waals surface area contributed by atoms with Crippen LogP contribution >= 0.6 is 15.9 Å². The van der Waals surface area contributed by atoms with Gasteiger partial charge in [-0.25, -0.2) is 4.68 Å². The van der Waals surface area contributed by atoms with Gasteiger partial charge >= 0.3 is 0 Å². The molecule has 4 heteroatoms. The summed E-state index contributed by atoms with van der Waals surface area (Å²) in [7, 11) is 1.93. The number of hydrogen-bond acceptors (Lipinski definition) is 2. The van der Waals surface area contributed by atoms with Crippen molar-refractivity contribution in [1.82, 2.24) is 15.1 Å². The summed E-state index contributed by atoms with van der Waals surface area (Å²) >= 11 is 3.53. The molecule has 2 rings (SSSR count). The Labute approximate surface area is 104 Å². The summed E-state index contributed by atoms with van der Waals surface area (Å²) in [5, 5.41) is 7.44. The molecule has 0 aliphatic rings. The molecule has 0 bridgehead atoms. The van der Waals surface area contributed by atoms with Crippen molar-refractivity contribution in [2.45, 2.75) is 13.5 Å². The summed E-state index contributed by atoms with van der Waals surface area (Å²) < 4.78 is 2.99. The SMILES string of the molecule is CNCc1cnn(-c2ccc(C)c(Br)c2)c1. The summed E-state index contributed by atoms with van der Waals surface area (Å²) in [6, 6.07) is 6.22. The lowest BCUT2D eigenvalue weighted by Gasteiger charge is -2.03. The van der Waals surface area contributed by atoms with Gasteiger partial charge in [0.25, 0.3) is 0 Å². The molecule has 1 aromatic carbocycles. The van der Waals surface area contributed by atoms with E-state index in [4.69, 9.17) is 0 Å². The van der Waals surface area contributed by atoms with Gasteiger partial charge in [-0.05, 0) is 31.7 Å². The topological polar surface area (TPSA) is 29.9 Å². The van der Waals surface area contributed by atoms with E-state index in [0.29, 0.717) is 0 Å².